The van der Waals surface area contributed by atoms with E-state index in [0.29, 0.717) is 5.41 Å². The van der Waals surface area contributed by atoms with Crippen LogP contribution in [0.1, 0.15) is 37.7 Å². The highest BCUT2D eigenvalue weighted by molar-refractivity contribution is 5.41. The Labute approximate surface area is 102 Å². The highest BCUT2D eigenvalue weighted by Crippen LogP contribution is 2.64. The van der Waals surface area contributed by atoms with Crippen molar-refractivity contribution < 1.29 is 4.74 Å². The van der Waals surface area contributed by atoms with Crippen LogP contribution in [-0.2, 0) is 5.41 Å². The van der Waals surface area contributed by atoms with Gasteiger partial charge in [-0.05, 0) is 48.8 Å². The monoisotopic (exact) mass is 227 g/mol. The number of benzene rings is 1. The Morgan fingerprint density at radius 2 is 1.82 bits per heavy atom. The van der Waals surface area contributed by atoms with Crippen molar-refractivity contribution in [3.05, 3.63) is 29.8 Å². The van der Waals surface area contributed by atoms with Crippen molar-refractivity contribution >= 4 is 0 Å². The molecule has 2 aliphatic rings. The van der Waals surface area contributed by atoms with Crippen LogP contribution < -0.4 is 4.74 Å². The first-order chi connectivity index (χ1) is 8.22. The van der Waals surface area contributed by atoms with Gasteiger partial charge in [0.2, 0.25) is 0 Å². The fraction of sp³-hybridized carbons (Fsp3) is 0.533. The molecule has 2 fully saturated rings. The Kier molecular flexibility index (Phi) is 2.19. The summed E-state index contributed by atoms with van der Waals surface area (Å²) in [6.07, 6.45) is 6.12. The minimum Gasteiger partial charge on any atom is -0.497 e. The van der Waals surface area contributed by atoms with Gasteiger partial charge >= 0.3 is 0 Å². The van der Waals surface area contributed by atoms with Gasteiger partial charge in [-0.1, -0.05) is 18.6 Å². The first kappa shape index (κ1) is 10.7. The second-order valence-corrected chi connectivity index (χ2v) is 5.63. The van der Waals surface area contributed by atoms with Gasteiger partial charge in [0.05, 0.1) is 18.6 Å². The highest BCUT2D eigenvalue weighted by Gasteiger charge is 2.58. The van der Waals surface area contributed by atoms with Crippen molar-refractivity contribution in [2.24, 2.45) is 5.41 Å². The Hall–Kier alpha value is -1.49. The minimum absolute atomic E-state index is 0.216. The maximum absolute atomic E-state index is 9.49. The zero-order chi connectivity index (χ0) is 11.9. The topological polar surface area (TPSA) is 33.0 Å². The molecule has 0 atom stereocenters. The lowest BCUT2D eigenvalue weighted by atomic mass is 9.44. The molecule has 0 amide bonds. The van der Waals surface area contributed by atoms with E-state index in [1.54, 1.807) is 7.11 Å². The quantitative estimate of drug-likeness (QED) is 0.775. The molecule has 1 spiro atoms. The lowest BCUT2D eigenvalue weighted by molar-refractivity contribution is -0.0227. The maximum atomic E-state index is 9.49. The second-order valence-electron chi connectivity index (χ2n) is 5.63. The molecule has 2 heteroatoms. The Morgan fingerprint density at radius 3 is 2.24 bits per heavy atom. The van der Waals surface area contributed by atoms with E-state index in [9.17, 15) is 5.26 Å². The smallest absolute Gasteiger partial charge is 0.118 e. The number of hydrogen-bond acceptors (Lipinski definition) is 2. The minimum atomic E-state index is -0.216. The number of methoxy groups -OCH3 is 1. The molecular formula is C15H17NO. The number of nitrogens with zero attached hydrogens (tertiary/aromatic N) is 1. The van der Waals surface area contributed by atoms with Gasteiger partial charge in [-0.15, -0.1) is 0 Å². The molecule has 1 aromatic rings. The zero-order valence-corrected chi connectivity index (χ0v) is 10.2. The molecular weight excluding hydrogens is 210 g/mol. The van der Waals surface area contributed by atoms with Crippen LogP contribution in [0.15, 0.2) is 24.3 Å². The van der Waals surface area contributed by atoms with E-state index in [-0.39, 0.29) is 5.41 Å². The predicted octanol–water partition coefficient (Wildman–Crippen LogP) is 3.42. The van der Waals surface area contributed by atoms with E-state index in [1.165, 1.54) is 24.8 Å². The molecule has 0 heterocycles. The van der Waals surface area contributed by atoms with Gasteiger partial charge in [0.25, 0.3) is 0 Å². The predicted molar refractivity (Wildman–Crippen MR) is 65.8 cm³/mol. The summed E-state index contributed by atoms with van der Waals surface area (Å²) in [5.74, 6) is 0.861. The summed E-state index contributed by atoms with van der Waals surface area (Å²) in [5.41, 5.74) is 1.47. The van der Waals surface area contributed by atoms with Crippen LogP contribution in [-0.4, -0.2) is 7.11 Å². The summed E-state index contributed by atoms with van der Waals surface area (Å²) < 4.78 is 5.16. The summed E-state index contributed by atoms with van der Waals surface area (Å²) in [4.78, 5) is 0. The van der Waals surface area contributed by atoms with Crippen LogP contribution >= 0.6 is 0 Å². The Bertz CT molecular complexity index is 457. The maximum Gasteiger partial charge on any atom is 0.118 e. The van der Waals surface area contributed by atoms with E-state index in [4.69, 9.17) is 4.74 Å². The summed E-state index contributed by atoms with van der Waals surface area (Å²) >= 11 is 0. The third-order valence-corrected chi connectivity index (χ3v) is 4.62. The highest BCUT2D eigenvalue weighted by atomic mass is 16.5. The third-order valence-electron chi connectivity index (χ3n) is 4.62. The molecule has 0 aromatic heterocycles. The van der Waals surface area contributed by atoms with Crippen molar-refractivity contribution in [1.29, 1.82) is 5.26 Å². The molecule has 3 rings (SSSR count). The zero-order valence-electron chi connectivity index (χ0n) is 10.2. The lowest BCUT2D eigenvalue weighted by Crippen LogP contribution is -2.52. The van der Waals surface area contributed by atoms with Gasteiger partial charge in [0.1, 0.15) is 5.75 Å². The van der Waals surface area contributed by atoms with Gasteiger partial charge in [-0.25, -0.2) is 0 Å². The van der Waals surface area contributed by atoms with Crippen LogP contribution in [0.5, 0.6) is 5.75 Å². The van der Waals surface area contributed by atoms with Crippen LogP contribution in [0, 0.1) is 16.7 Å². The molecule has 0 bridgehead atoms. The third kappa shape index (κ3) is 1.45. The van der Waals surface area contributed by atoms with Crippen molar-refractivity contribution in [1.82, 2.24) is 0 Å². The van der Waals surface area contributed by atoms with Crippen LogP contribution in [0.2, 0.25) is 0 Å². The van der Waals surface area contributed by atoms with Gasteiger partial charge in [0, 0.05) is 0 Å². The van der Waals surface area contributed by atoms with E-state index in [1.807, 2.05) is 24.3 Å². The standard InChI is InChI=1S/C15H17NO/c1-17-13-5-3-12(4-6-13)15(11-16)9-14(10-15)7-2-8-14/h3-6H,2,7-10H2,1H3. The SMILES string of the molecule is COc1ccc(C2(C#N)CC3(CCC3)C2)cc1. The van der Waals surface area contributed by atoms with Gasteiger partial charge in [0.15, 0.2) is 0 Å². The molecule has 2 nitrogen and oxygen atoms in total. The summed E-state index contributed by atoms with van der Waals surface area (Å²) in [5, 5.41) is 9.49. The van der Waals surface area contributed by atoms with E-state index in [0.717, 1.165) is 18.6 Å². The first-order valence-electron chi connectivity index (χ1n) is 6.28. The largest absolute Gasteiger partial charge is 0.497 e. The Balaban J connectivity index is 1.84. The van der Waals surface area contributed by atoms with E-state index < -0.39 is 0 Å². The molecule has 2 saturated carbocycles. The second kappa shape index (κ2) is 3.50. The van der Waals surface area contributed by atoms with Crippen LogP contribution in [0.4, 0.5) is 0 Å². The normalized spacial score (nSPS) is 23.3. The summed E-state index contributed by atoms with van der Waals surface area (Å²) in [7, 11) is 1.67. The van der Waals surface area contributed by atoms with Gasteiger partial charge in [-0.3, -0.25) is 0 Å². The Morgan fingerprint density at radius 1 is 1.18 bits per heavy atom. The molecule has 0 aliphatic heterocycles. The number of nitriles is 1. The van der Waals surface area contributed by atoms with E-state index >= 15 is 0 Å². The average molecular weight is 227 g/mol. The van der Waals surface area contributed by atoms with Crippen molar-refractivity contribution in [3.63, 3.8) is 0 Å². The fourth-order valence-corrected chi connectivity index (χ4v) is 3.52. The van der Waals surface area contributed by atoms with Crippen molar-refractivity contribution in [2.45, 2.75) is 37.5 Å². The van der Waals surface area contributed by atoms with Crippen LogP contribution in [0.3, 0.4) is 0 Å². The molecule has 88 valence electrons. The number of ether oxygens (including phenoxy) is 1. The average Bonchev–Trinajstić information content (AvgIpc) is 2.27. The van der Waals surface area contributed by atoms with E-state index in [2.05, 4.69) is 6.07 Å². The first-order valence-corrected chi connectivity index (χ1v) is 6.28. The number of hydrogen-bond donors (Lipinski definition) is 0. The lowest BCUT2D eigenvalue weighted by Gasteiger charge is -2.58. The molecule has 0 N–H and O–H groups in total. The van der Waals surface area contributed by atoms with Gasteiger partial charge in [-0.2, -0.15) is 5.26 Å². The molecule has 17 heavy (non-hydrogen) atoms. The molecule has 0 unspecified atom stereocenters. The number of rotatable bonds is 2. The molecule has 0 radical (unpaired) electrons. The summed E-state index contributed by atoms with van der Waals surface area (Å²) in [6.45, 7) is 0. The van der Waals surface area contributed by atoms with Crippen molar-refractivity contribution in [3.8, 4) is 11.8 Å². The fourth-order valence-electron chi connectivity index (χ4n) is 3.52. The molecule has 0 saturated heterocycles. The van der Waals surface area contributed by atoms with Crippen LogP contribution in [0.25, 0.3) is 0 Å². The molecule has 1 aromatic carbocycles. The van der Waals surface area contributed by atoms with Crippen molar-refractivity contribution in [2.75, 3.05) is 7.11 Å². The van der Waals surface area contributed by atoms with Gasteiger partial charge < -0.3 is 4.74 Å². The molecule has 2 aliphatic carbocycles. The summed E-state index contributed by atoms with van der Waals surface area (Å²) in [6, 6.07) is 10.6.